The number of rotatable bonds is 5. The molecule has 0 atom stereocenters. The van der Waals surface area contributed by atoms with E-state index in [9.17, 15) is 30.0 Å². The van der Waals surface area contributed by atoms with Crippen molar-refractivity contribution >= 4 is 20.0 Å². The minimum absolute atomic E-state index is 0.203. The molecule has 0 aromatic heterocycles. The number of primary sulfonamides is 2. The Bertz CT molecular complexity index is 1340. The van der Waals surface area contributed by atoms with Gasteiger partial charge in [0.1, 0.15) is 5.75 Å². The molecule has 0 heterocycles. The van der Waals surface area contributed by atoms with Crippen LogP contribution in [0.3, 0.4) is 0 Å². The first-order valence-electron chi connectivity index (χ1n) is 8.40. The van der Waals surface area contributed by atoms with Crippen LogP contribution in [-0.4, -0.2) is 23.2 Å². The molecular formula is C19H15F3N2O5S2. The first-order chi connectivity index (χ1) is 14.2. The van der Waals surface area contributed by atoms with Crippen LogP contribution in [0, 0.1) is 0 Å². The predicted molar refractivity (Wildman–Crippen MR) is 107 cm³/mol. The Morgan fingerprint density at radius 1 is 0.677 bits per heavy atom. The van der Waals surface area contributed by atoms with Gasteiger partial charge >= 0.3 is 6.36 Å². The first-order valence-corrected chi connectivity index (χ1v) is 11.5. The standard InChI is InChI=1S/C19H15F3N2O5S2/c20-19(21,22)29-14-6-4-12(5-7-14)17-9-8-16(31(24,27)28)11-18(17)13-2-1-3-15(10-13)30(23,25)26/h1-11H,(H2,23,25,26)(H2,24,27,28). The van der Waals surface area contributed by atoms with Crippen LogP contribution in [0.1, 0.15) is 0 Å². The highest BCUT2D eigenvalue weighted by atomic mass is 32.2. The summed E-state index contributed by atoms with van der Waals surface area (Å²) in [5.74, 6) is -0.435. The Labute approximate surface area is 176 Å². The number of benzene rings is 3. The number of hydrogen-bond acceptors (Lipinski definition) is 5. The smallest absolute Gasteiger partial charge is 0.406 e. The summed E-state index contributed by atoms with van der Waals surface area (Å²) in [7, 11) is -8.12. The monoisotopic (exact) mass is 472 g/mol. The predicted octanol–water partition coefficient (Wildman–Crippen LogP) is 3.21. The number of nitrogens with two attached hydrogens (primary N) is 2. The molecule has 0 bridgehead atoms. The van der Waals surface area contributed by atoms with Gasteiger partial charge in [-0.1, -0.05) is 30.3 Å². The van der Waals surface area contributed by atoms with E-state index in [1.54, 1.807) is 0 Å². The Kier molecular flexibility index (Phi) is 5.84. The third-order valence-electron chi connectivity index (χ3n) is 4.19. The van der Waals surface area contributed by atoms with Gasteiger partial charge in [-0.2, -0.15) is 0 Å². The Morgan fingerprint density at radius 3 is 1.81 bits per heavy atom. The van der Waals surface area contributed by atoms with Gasteiger partial charge in [-0.15, -0.1) is 13.2 Å². The van der Waals surface area contributed by atoms with E-state index >= 15 is 0 Å². The maximum Gasteiger partial charge on any atom is 0.573 e. The zero-order valence-corrected chi connectivity index (χ0v) is 17.1. The van der Waals surface area contributed by atoms with Crippen LogP contribution in [0.5, 0.6) is 5.75 Å². The van der Waals surface area contributed by atoms with Gasteiger partial charge in [-0.25, -0.2) is 27.1 Å². The summed E-state index contributed by atoms with van der Waals surface area (Å²) < 4.78 is 88.0. The first kappa shape index (κ1) is 22.7. The molecule has 4 N–H and O–H groups in total. The molecule has 0 fully saturated rings. The van der Waals surface area contributed by atoms with Crippen LogP contribution in [0.25, 0.3) is 22.3 Å². The molecule has 0 aliphatic rings. The third-order valence-corrected chi connectivity index (χ3v) is 6.01. The van der Waals surface area contributed by atoms with Crippen LogP contribution in [0.4, 0.5) is 13.2 Å². The minimum Gasteiger partial charge on any atom is -0.406 e. The lowest BCUT2D eigenvalue weighted by Gasteiger charge is -2.14. The molecule has 0 saturated carbocycles. The lowest BCUT2D eigenvalue weighted by molar-refractivity contribution is -0.274. The van der Waals surface area contributed by atoms with E-state index < -0.39 is 32.2 Å². The minimum atomic E-state index is -4.85. The molecule has 164 valence electrons. The van der Waals surface area contributed by atoms with E-state index in [2.05, 4.69) is 4.74 Å². The number of ether oxygens (including phenoxy) is 1. The normalized spacial score (nSPS) is 12.5. The number of hydrogen-bond donors (Lipinski definition) is 2. The van der Waals surface area contributed by atoms with Gasteiger partial charge in [0.05, 0.1) is 9.79 Å². The molecule has 0 saturated heterocycles. The van der Waals surface area contributed by atoms with Gasteiger partial charge in [0.25, 0.3) is 0 Å². The van der Waals surface area contributed by atoms with Crippen molar-refractivity contribution in [1.82, 2.24) is 0 Å². The molecule has 31 heavy (non-hydrogen) atoms. The van der Waals surface area contributed by atoms with Gasteiger partial charge in [0.15, 0.2) is 0 Å². The van der Waals surface area contributed by atoms with E-state index in [4.69, 9.17) is 10.3 Å². The fraction of sp³-hybridized carbons (Fsp3) is 0.0526. The lowest BCUT2D eigenvalue weighted by atomic mass is 9.94. The van der Waals surface area contributed by atoms with Gasteiger partial charge in [0.2, 0.25) is 20.0 Å². The summed E-state index contributed by atoms with van der Waals surface area (Å²) >= 11 is 0. The fourth-order valence-electron chi connectivity index (χ4n) is 2.87. The number of halogens is 3. The van der Waals surface area contributed by atoms with Gasteiger partial charge in [-0.3, -0.25) is 0 Å². The van der Waals surface area contributed by atoms with Crippen LogP contribution < -0.4 is 15.0 Å². The van der Waals surface area contributed by atoms with Crippen molar-refractivity contribution in [2.45, 2.75) is 16.2 Å². The van der Waals surface area contributed by atoms with Crippen molar-refractivity contribution in [2.24, 2.45) is 10.3 Å². The molecule has 0 spiro atoms. The summed E-state index contributed by atoms with van der Waals surface area (Å²) in [6, 6.07) is 14.3. The van der Waals surface area contributed by atoms with E-state index in [1.165, 1.54) is 54.6 Å². The SMILES string of the molecule is NS(=O)(=O)c1cccc(-c2cc(S(N)(=O)=O)ccc2-c2ccc(OC(F)(F)F)cc2)c1. The van der Waals surface area contributed by atoms with Crippen LogP contribution in [0.15, 0.2) is 76.5 Å². The second-order valence-electron chi connectivity index (χ2n) is 6.40. The van der Waals surface area contributed by atoms with E-state index in [0.717, 1.165) is 12.1 Å². The van der Waals surface area contributed by atoms with Crippen molar-refractivity contribution in [3.63, 3.8) is 0 Å². The number of alkyl halides is 3. The Balaban J connectivity index is 2.18. The molecular weight excluding hydrogens is 457 g/mol. The Hall–Kier alpha value is -2.93. The van der Waals surface area contributed by atoms with Gasteiger partial charge < -0.3 is 4.74 Å². The van der Waals surface area contributed by atoms with Gasteiger partial charge in [-0.05, 0) is 58.7 Å². The zero-order valence-electron chi connectivity index (χ0n) is 15.5. The highest BCUT2D eigenvalue weighted by molar-refractivity contribution is 7.89. The van der Waals surface area contributed by atoms with E-state index in [0.29, 0.717) is 16.7 Å². The van der Waals surface area contributed by atoms with Crippen molar-refractivity contribution < 1.29 is 34.7 Å². The van der Waals surface area contributed by atoms with Crippen molar-refractivity contribution in [3.05, 3.63) is 66.7 Å². The maximum absolute atomic E-state index is 12.4. The van der Waals surface area contributed by atoms with Crippen LogP contribution in [-0.2, 0) is 20.0 Å². The van der Waals surface area contributed by atoms with Gasteiger partial charge in [0, 0.05) is 0 Å². The molecule has 3 aromatic carbocycles. The molecule has 0 unspecified atom stereocenters. The maximum atomic E-state index is 12.4. The van der Waals surface area contributed by atoms with Crippen molar-refractivity contribution in [2.75, 3.05) is 0 Å². The molecule has 7 nitrogen and oxygen atoms in total. The molecule has 0 aliphatic carbocycles. The van der Waals surface area contributed by atoms with E-state index in [-0.39, 0.29) is 15.4 Å². The summed E-state index contributed by atoms with van der Waals surface area (Å²) in [6.07, 6.45) is -4.85. The topological polar surface area (TPSA) is 130 Å². The fourth-order valence-corrected chi connectivity index (χ4v) is 3.97. The highest BCUT2D eigenvalue weighted by Gasteiger charge is 2.31. The zero-order chi connectivity index (χ0) is 23.0. The van der Waals surface area contributed by atoms with Crippen molar-refractivity contribution in [1.29, 1.82) is 0 Å². The molecule has 0 radical (unpaired) electrons. The van der Waals surface area contributed by atoms with Crippen LogP contribution >= 0.6 is 0 Å². The molecule has 0 aliphatic heterocycles. The molecule has 12 heteroatoms. The quantitative estimate of drug-likeness (QED) is 0.589. The molecule has 3 aromatic rings. The third kappa shape index (κ3) is 5.61. The second-order valence-corrected chi connectivity index (χ2v) is 9.52. The Morgan fingerprint density at radius 2 is 1.26 bits per heavy atom. The highest BCUT2D eigenvalue weighted by Crippen LogP contribution is 2.36. The second kappa shape index (κ2) is 7.96. The summed E-state index contributed by atoms with van der Waals surface area (Å²) in [6.45, 7) is 0. The average Bonchev–Trinajstić information content (AvgIpc) is 2.66. The summed E-state index contributed by atoms with van der Waals surface area (Å²) in [4.78, 5) is -0.435. The van der Waals surface area contributed by atoms with Crippen LogP contribution in [0.2, 0.25) is 0 Å². The average molecular weight is 472 g/mol. The molecule has 0 amide bonds. The number of sulfonamides is 2. The largest absolute Gasteiger partial charge is 0.573 e. The lowest BCUT2D eigenvalue weighted by Crippen LogP contribution is -2.16. The molecule has 3 rings (SSSR count). The van der Waals surface area contributed by atoms with E-state index in [1.807, 2.05) is 0 Å². The summed E-state index contributed by atoms with van der Waals surface area (Å²) in [5.41, 5.74) is 1.42. The summed E-state index contributed by atoms with van der Waals surface area (Å²) in [5, 5.41) is 10.4. The van der Waals surface area contributed by atoms with Crippen molar-refractivity contribution in [3.8, 4) is 28.0 Å².